The first kappa shape index (κ1) is 13.4. The van der Waals surface area contributed by atoms with E-state index >= 15 is 0 Å². The Morgan fingerprint density at radius 1 is 1.21 bits per heavy atom. The zero-order valence-corrected chi connectivity index (χ0v) is 12.9. The van der Waals surface area contributed by atoms with E-state index in [4.69, 9.17) is 0 Å². The zero-order chi connectivity index (χ0) is 12.2. The van der Waals surface area contributed by atoms with Gasteiger partial charge in [0.15, 0.2) is 0 Å². The molecule has 1 heterocycles. The van der Waals surface area contributed by atoms with Crippen LogP contribution in [0.3, 0.4) is 0 Å². The molecule has 0 aromatic heterocycles. The Bertz CT molecular complexity index is 486. The van der Waals surface area contributed by atoms with Crippen LogP contribution in [0.25, 0.3) is 0 Å². The number of hydrogen-bond donors (Lipinski definition) is 2. The van der Waals surface area contributed by atoms with Crippen molar-refractivity contribution in [3.8, 4) is 5.75 Å². The summed E-state index contributed by atoms with van der Waals surface area (Å²) in [4.78, 5) is 0. The molecule has 3 aliphatic rings. The van der Waals surface area contributed by atoms with Crippen LogP contribution in [-0.2, 0) is 11.8 Å². The number of rotatable bonds is 0. The number of piperidine rings is 1. The summed E-state index contributed by atoms with van der Waals surface area (Å²) in [7, 11) is 0. The number of benzene rings is 1. The van der Waals surface area contributed by atoms with E-state index in [1.807, 2.05) is 6.07 Å². The standard InChI is InChI=1S/C16H21NO.BrH/c18-12-5-4-11-9-15-13-3-1-2-6-16(13,7-8-17-15)14(11)10-12;/h4-5,10,13,15,17-18H,1-3,6-9H2;1H/t13-,15-,16+;/m0./s1. The predicted molar refractivity (Wildman–Crippen MR) is 82.2 cm³/mol. The van der Waals surface area contributed by atoms with Gasteiger partial charge in [0.05, 0.1) is 0 Å². The minimum atomic E-state index is 0. The second-order valence-corrected chi connectivity index (χ2v) is 6.36. The number of phenolic OH excluding ortho intramolecular Hbond substituents is 1. The maximum atomic E-state index is 9.86. The lowest BCUT2D eigenvalue weighted by molar-refractivity contribution is 0.0795. The topological polar surface area (TPSA) is 32.3 Å². The van der Waals surface area contributed by atoms with Crippen LogP contribution in [0.1, 0.15) is 43.2 Å². The van der Waals surface area contributed by atoms with E-state index in [2.05, 4.69) is 17.4 Å². The van der Waals surface area contributed by atoms with Gasteiger partial charge in [-0.2, -0.15) is 0 Å². The molecule has 1 aromatic carbocycles. The molecule has 2 aliphatic carbocycles. The Morgan fingerprint density at radius 3 is 3.00 bits per heavy atom. The first-order chi connectivity index (χ1) is 8.79. The zero-order valence-electron chi connectivity index (χ0n) is 11.2. The lowest BCUT2D eigenvalue weighted by Gasteiger charge is -2.56. The smallest absolute Gasteiger partial charge is 0.115 e. The molecule has 2 fully saturated rings. The number of phenols is 1. The summed E-state index contributed by atoms with van der Waals surface area (Å²) in [6.07, 6.45) is 7.85. The fourth-order valence-corrected chi connectivity index (χ4v) is 4.91. The van der Waals surface area contributed by atoms with Gasteiger partial charge in [-0.15, -0.1) is 17.0 Å². The van der Waals surface area contributed by atoms with Gasteiger partial charge in [-0.1, -0.05) is 18.9 Å². The second-order valence-electron chi connectivity index (χ2n) is 6.36. The van der Waals surface area contributed by atoms with Crippen molar-refractivity contribution in [2.75, 3.05) is 6.54 Å². The molecule has 2 nitrogen and oxygen atoms in total. The molecule has 2 N–H and O–H groups in total. The molecule has 1 saturated heterocycles. The van der Waals surface area contributed by atoms with Gasteiger partial charge in [-0.3, -0.25) is 0 Å². The van der Waals surface area contributed by atoms with Crippen molar-refractivity contribution in [2.45, 2.75) is 50.0 Å². The normalized spacial score (nSPS) is 35.8. The quantitative estimate of drug-likeness (QED) is 0.767. The third-order valence-electron chi connectivity index (χ3n) is 5.63. The van der Waals surface area contributed by atoms with Crippen molar-refractivity contribution in [2.24, 2.45) is 5.92 Å². The molecular formula is C16H22BrNO. The molecule has 1 saturated carbocycles. The molecule has 0 radical (unpaired) electrons. The summed E-state index contributed by atoms with van der Waals surface area (Å²) >= 11 is 0. The minimum absolute atomic E-state index is 0. The third kappa shape index (κ3) is 1.85. The summed E-state index contributed by atoms with van der Waals surface area (Å²) in [5.41, 5.74) is 3.33. The van der Waals surface area contributed by atoms with Crippen LogP contribution in [-0.4, -0.2) is 17.7 Å². The average molecular weight is 324 g/mol. The Kier molecular flexibility index (Phi) is 3.38. The highest BCUT2D eigenvalue weighted by atomic mass is 79.9. The molecule has 3 heteroatoms. The Labute approximate surface area is 125 Å². The van der Waals surface area contributed by atoms with Gasteiger partial charge in [-0.05, 0) is 61.4 Å². The van der Waals surface area contributed by atoms with Gasteiger partial charge in [-0.25, -0.2) is 0 Å². The van der Waals surface area contributed by atoms with Crippen molar-refractivity contribution in [1.82, 2.24) is 5.32 Å². The predicted octanol–water partition coefficient (Wildman–Crippen LogP) is 3.32. The Morgan fingerprint density at radius 2 is 2.11 bits per heavy atom. The van der Waals surface area contributed by atoms with Crippen LogP contribution in [0, 0.1) is 5.92 Å². The van der Waals surface area contributed by atoms with Gasteiger partial charge in [0.1, 0.15) is 5.75 Å². The first-order valence-electron chi connectivity index (χ1n) is 7.35. The van der Waals surface area contributed by atoms with Gasteiger partial charge in [0.2, 0.25) is 0 Å². The largest absolute Gasteiger partial charge is 0.508 e. The van der Waals surface area contributed by atoms with E-state index in [0.717, 1.165) is 18.9 Å². The summed E-state index contributed by atoms with van der Waals surface area (Å²) in [5, 5.41) is 13.6. The summed E-state index contributed by atoms with van der Waals surface area (Å²) in [5.74, 6) is 1.25. The molecule has 0 spiro atoms. The number of nitrogens with one attached hydrogen (secondary N) is 1. The SMILES string of the molecule is Br.Oc1ccc2c(c1)[C@@]13CCCC[C@H]1[C@H](C2)NCC3. The highest BCUT2D eigenvalue weighted by Crippen LogP contribution is 2.54. The van der Waals surface area contributed by atoms with Crippen molar-refractivity contribution < 1.29 is 5.11 Å². The van der Waals surface area contributed by atoms with Gasteiger partial charge in [0.25, 0.3) is 0 Å². The summed E-state index contributed by atoms with van der Waals surface area (Å²) in [6.45, 7) is 1.15. The second kappa shape index (κ2) is 4.78. The number of fused-ring (bicyclic) bond motifs is 1. The van der Waals surface area contributed by atoms with Crippen LogP contribution >= 0.6 is 17.0 Å². The molecular weight excluding hydrogens is 302 g/mol. The lowest BCUT2D eigenvalue weighted by Crippen LogP contribution is -2.59. The van der Waals surface area contributed by atoms with Crippen molar-refractivity contribution in [3.63, 3.8) is 0 Å². The monoisotopic (exact) mass is 323 g/mol. The van der Waals surface area contributed by atoms with Crippen molar-refractivity contribution in [1.29, 1.82) is 0 Å². The van der Waals surface area contributed by atoms with E-state index in [-0.39, 0.29) is 17.0 Å². The maximum absolute atomic E-state index is 9.86. The lowest BCUT2D eigenvalue weighted by atomic mass is 9.53. The molecule has 2 bridgehead atoms. The van der Waals surface area contributed by atoms with Crippen LogP contribution in [0.2, 0.25) is 0 Å². The average Bonchev–Trinajstić information content (AvgIpc) is 2.40. The van der Waals surface area contributed by atoms with E-state index in [1.54, 1.807) is 0 Å². The van der Waals surface area contributed by atoms with E-state index in [9.17, 15) is 5.11 Å². The highest BCUT2D eigenvalue weighted by Gasteiger charge is 2.51. The maximum Gasteiger partial charge on any atom is 0.115 e. The molecule has 104 valence electrons. The van der Waals surface area contributed by atoms with Gasteiger partial charge >= 0.3 is 0 Å². The van der Waals surface area contributed by atoms with Crippen molar-refractivity contribution >= 4 is 17.0 Å². The third-order valence-corrected chi connectivity index (χ3v) is 5.63. The first-order valence-corrected chi connectivity index (χ1v) is 7.35. The summed E-state index contributed by atoms with van der Waals surface area (Å²) in [6, 6.07) is 6.75. The van der Waals surface area contributed by atoms with E-state index in [0.29, 0.717) is 17.2 Å². The molecule has 1 aliphatic heterocycles. The van der Waals surface area contributed by atoms with Crippen LogP contribution in [0.15, 0.2) is 18.2 Å². The Balaban J connectivity index is 0.00000110. The molecule has 0 amide bonds. The molecule has 4 rings (SSSR count). The van der Waals surface area contributed by atoms with Crippen molar-refractivity contribution in [3.05, 3.63) is 29.3 Å². The number of aromatic hydroxyl groups is 1. The minimum Gasteiger partial charge on any atom is -0.508 e. The number of halogens is 1. The van der Waals surface area contributed by atoms with Crippen LogP contribution in [0.4, 0.5) is 0 Å². The fourth-order valence-electron chi connectivity index (χ4n) is 4.91. The Hall–Kier alpha value is -0.540. The van der Waals surface area contributed by atoms with Gasteiger partial charge in [0, 0.05) is 11.5 Å². The molecule has 1 aromatic rings. The van der Waals surface area contributed by atoms with Gasteiger partial charge < -0.3 is 10.4 Å². The van der Waals surface area contributed by atoms with Crippen LogP contribution in [0.5, 0.6) is 5.75 Å². The number of hydrogen-bond acceptors (Lipinski definition) is 2. The molecule has 19 heavy (non-hydrogen) atoms. The van der Waals surface area contributed by atoms with E-state index < -0.39 is 0 Å². The van der Waals surface area contributed by atoms with E-state index in [1.165, 1.54) is 43.2 Å². The summed E-state index contributed by atoms with van der Waals surface area (Å²) < 4.78 is 0. The fraction of sp³-hybridized carbons (Fsp3) is 0.625. The van der Waals surface area contributed by atoms with Crippen LogP contribution < -0.4 is 5.32 Å². The molecule has 3 atom stereocenters. The highest BCUT2D eigenvalue weighted by molar-refractivity contribution is 8.93. The molecule has 0 unspecified atom stereocenters.